The number of carbonyl (C=O) groups excluding carboxylic acids is 1. The Morgan fingerprint density at radius 1 is 1.38 bits per heavy atom. The van der Waals surface area contributed by atoms with Gasteiger partial charge in [-0.3, -0.25) is 4.79 Å². The number of piperidine rings is 1. The SMILES string of the molecule is COc1cc(NC2CCN(CC3CN(C)C(=O)CO3)CC2)ncn1. The Balaban J connectivity index is 1.43. The van der Waals surface area contributed by atoms with Gasteiger partial charge in [-0.05, 0) is 12.8 Å². The van der Waals surface area contributed by atoms with Gasteiger partial charge >= 0.3 is 0 Å². The lowest BCUT2D eigenvalue weighted by Crippen LogP contribution is -2.50. The van der Waals surface area contributed by atoms with Gasteiger partial charge in [0.2, 0.25) is 11.8 Å². The van der Waals surface area contributed by atoms with Crippen LogP contribution in [0.15, 0.2) is 12.4 Å². The van der Waals surface area contributed by atoms with Crippen molar-refractivity contribution in [3.63, 3.8) is 0 Å². The minimum atomic E-state index is 0.0643. The summed E-state index contributed by atoms with van der Waals surface area (Å²) in [4.78, 5) is 23.9. The summed E-state index contributed by atoms with van der Waals surface area (Å²) in [6.07, 6.45) is 3.72. The van der Waals surface area contributed by atoms with Crippen molar-refractivity contribution in [3.05, 3.63) is 12.4 Å². The van der Waals surface area contributed by atoms with Crippen LogP contribution in [0.3, 0.4) is 0 Å². The maximum Gasteiger partial charge on any atom is 0.248 e. The van der Waals surface area contributed by atoms with E-state index < -0.39 is 0 Å². The lowest BCUT2D eigenvalue weighted by atomic mass is 10.0. The van der Waals surface area contributed by atoms with Gasteiger partial charge in [0.15, 0.2) is 0 Å². The fraction of sp³-hybridized carbons (Fsp3) is 0.688. The van der Waals surface area contributed by atoms with Crippen LogP contribution in [0.1, 0.15) is 12.8 Å². The number of morpholine rings is 1. The smallest absolute Gasteiger partial charge is 0.248 e. The number of hydrogen-bond acceptors (Lipinski definition) is 7. The first-order valence-corrected chi connectivity index (χ1v) is 8.34. The van der Waals surface area contributed by atoms with E-state index in [1.807, 2.05) is 13.1 Å². The number of methoxy groups -OCH3 is 1. The van der Waals surface area contributed by atoms with Gasteiger partial charge in [0.1, 0.15) is 18.8 Å². The Morgan fingerprint density at radius 3 is 2.88 bits per heavy atom. The molecule has 2 fully saturated rings. The quantitative estimate of drug-likeness (QED) is 0.824. The Labute approximate surface area is 142 Å². The first-order valence-electron chi connectivity index (χ1n) is 8.34. The molecule has 0 aromatic carbocycles. The predicted octanol–water partition coefficient (Wildman–Crippen LogP) is 0.219. The molecule has 2 aliphatic rings. The average molecular weight is 335 g/mol. The van der Waals surface area contributed by atoms with Gasteiger partial charge in [0, 0.05) is 45.3 Å². The molecule has 0 saturated carbocycles. The lowest BCUT2D eigenvalue weighted by Gasteiger charge is -2.37. The van der Waals surface area contributed by atoms with Crippen molar-refractivity contribution in [2.24, 2.45) is 0 Å². The van der Waals surface area contributed by atoms with Crippen molar-refractivity contribution in [1.29, 1.82) is 0 Å². The summed E-state index contributed by atoms with van der Waals surface area (Å²) in [5.74, 6) is 1.43. The van der Waals surface area contributed by atoms with Crippen molar-refractivity contribution in [3.8, 4) is 5.88 Å². The summed E-state index contributed by atoms with van der Waals surface area (Å²) in [6, 6.07) is 2.21. The Bertz CT molecular complexity index is 562. The van der Waals surface area contributed by atoms with Crippen LogP contribution < -0.4 is 10.1 Å². The molecule has 0 radical (unpaired) electrons. The number of nitrogens with one attached hydrogen (secondary N) is 1. The maximum atomic E-state index is 11.5. The van der Waals surface area contributed by atoms with Crippen LogP contribution in [0, 0.1) is 0 Å². The molecular weight excluding hydrogens is 310 g/mol. The van der Waals surface area contributed by atoms with Gasteiger partial charge in [-0.25, -0.2) is 9.97 Å². The van der Waals surface area contributed by atoms with Crippen molar-refractivity contribution in [2.45, 2.75) is 25.0 Å². The van der Waals surface area contributed by atoms with Crippen molar-refractivity contribution in [2.75, 3.05) is 52.3 Å². The number of nitrogens with zero attached hydrogens (tertiary/aromatic N) is 4. The molecule has 2 saturated heterocycles. The van der Waals surface area contributed by atoms with Crippen LogP contribution in [0.4, 0.5) is 5.82 Å². The number of amides is 1. The number of ether oxygens (including phenoxy) is 2. The first kappa shape index (κ1) is 16.9. The molecule has 2 aliphatic heterocycles. The zero-order valence-electron chi connectivity index (χ0n) is 14.3. The van der Waals surface area contributed by atoms with Gasteiger partial charge in [0.25, 0.3) is 0 Å². The second kappa shape index (κ2) is 7.76. The largest absolute Gasteiger partial charge is 0.481 e. The molecule has 1 aromatic heterocycles. The van der Waals surface area contributed by atoms with Gasteiger partial charge in [-0.1, -0.05) is 0 Å². The molecule has 0 aliphatic carbocycles. The molecule has 3 rings (SSSR count). The third kappa shape index (κ3) is 4.33. The molecule has 1 N–H and O–H groups in total. The zero-order chi connectivity index (χ0) is 16.9. The minimum Gasteiger partial charge on any atom is -0.481 e. The summed E-state index contributed by atoms with van der Waals surface area (Å²) in [7, 11) is 3.44. The molecular formula is C16H25N5O3. The highest BCUT2D eigenvalue weighted by atomic mass is 16.5. The predicted molar refractivity (Wildman–Crippen MR) is 89.0 cm³/mol. The van der Waals surface area contributed by atoms with Gasteiger partial charge in [-0.15, -0.1) is 0 Å². The number of rotatable bonds is 5. The van der Waals surface area contributed by atoms with Crippen molar-refractivity contribution >= 4 is 11.7 Å². The molecule has 0 bridgehead atoms. The van der Waals surface area contributed by atoms with E-state index in [-0.39, 0.29) is 18.6 Å². The fourth-order valence-electron chi connectivity index (χ4n) is 3.16. The molecule has 132 valence electrons. The van der Waals surface area contributed by atoms with E-state index in [1.165, 1.54) is 6.33 Å². The summed E-state index contributed by atoms with van der Waals surface area (Å²) in [5.41, 5.74) is 0. The first-order chi connectivity index (χ1) is 11.6. The van der Waals surface area contributed by atoms with E-state index in [0.717, 1.165) is 38.3 Å². The average Bonchev–Trinajstić information content (AvgIpc) is 2.60. The monoisotopic (exact) mass is 335 g/mol. The molecule has 1 unspecified atom stereocenters. The maximum absolute atomic E-state index is 11.5. The molecule has 8 heteroatoms. The van der Waals surface area contributed by atoms with Crippen LogP contribution in [0.25, 0.3) is 0 Å². The minimum absolute atomic E-state index is 0.0643. The fourth-order valence-corrected chi connectivity index (χ4v) is 3.16. The normalized spacial score (nSPS) is 23.3. The number of anilines is 1. The van der Waals surface area contributed by atoms with E-state index in [2.05, 4.69) is 20.2 Å². The van der Waals surface area contributed by atoms with Crippen LogP contribution in [-0.2, 0) is 9.53 Å². The van der Waals surface area contributed by atoms with E-state index in [1.54, 1.807) is 12.0 Å². The van der Waals surface area contributed by atoms with Crippen molar-refractivity contribution < 1.29 is 14.3 Å². The third-order valence-corrected chi connectivity index (χ3v) is 4.60. The number of aromatic nitrogens is 2. The van der Waals surface area contributed by atoms with E-state index in [0.29, 0.717) is 18.5 Å². The second-order valence-corrected chi connectivity index (χ2v) is 6.37. The van der Waals surface area contributed by atoms with Gasteiger partial charge in [-0.2, -0.15) is 0 Å². The number of likely N-dealkylation sites (N-methyl/N-ethyl adjacent to an activating group) is 1. The highest BCUT2D eigenvalue weighted by Crippen LogP contribution is 2.18. The molecule has 1 aromatic rings. The highest BCUT2D eigenvalue weighted by molar-refractivity contribution is 5.77. The number of likely N-dealkylation sites (tertiary alicyclic amines) is 1. The zero-order valence-corrected chi connectivity index (χ0v) is 14.3. The standard InChI is InChI=1S/C16H25N5O3/c1-20-8-13(24-10-16(20)22)9-21-5-3-12(4-6-21)19-14-7-15(23-2)18-11-17-14/h7,11-13H,3-6,8-10H2,1-2H3,(H,17,18,19). The number of hydrogen-bond donors (Lipinski definition) is 1. The van der Waals surface area contributed by atoms with E-state index in [9.17, 15) is 4.79 Å². The third-order valence-electron chi connectivity index (χ3n) is 4.60. The summed E-state index contributed by atoms with van der Waals surface area (Å²) < 4.78 is 10.8. The molecule has 8 nitrogen and oxygen atoms in total. The summed E-state index contributed by atoms with van der Waals surface area (Å²) in [6.45, 7) is 3.78. The lowest BCUT2D eigenvalue weighted by molar-refractivity contribution is -0.147. The van der Waals surface area contributed by atoms with Crippen molar-refractivity contribution in [1.82, 2.24) is 19.8 Å². The van der Waals surface area contributed by atoms with E-state index >= 15 is 0 Å². The number of carbonyl (C=O) groups is 1. The molecule has 24 heavy (non-hydrogen) atoms. The van der Waals surface area contributed by atoms with Crippen LogP contribution in [-0.4, -0.2) is 84.8 Å². The Hall–Kier alpha value is -1.93. The second-order valence-electron chi connectivity index (χ2n) is 6.37. The Morgan fingerprint density at radius 2 is 2.17 bits per heavy atom. The van der Waals surface area contributed by atoms with Crippen LogP contribution in [0.2, 0.25) is 0 Å². The van der Waals surface area contributed by atoms with Gasteiger partial charge < -0.3 is 24.6 Å². The van der Waals surface area contributed by atoms with Gasteiger partial charge in [0.05, 0.1) is 13.2 Å². The topological polar surface area (TPSA) is 79.8 Å². The van der Waals surface area contributed by atoms with Crippen LogP contribution in [0.5, 0.6) is 5.88 Å². The molecule has 0 spiro atoms. The summed E-state index contributed by atoms with van der Waals surface area (Å²) in [5, 5.41) is 3.45. The molecule has 1 amide bonds. The summed E-state index contributed by atoms with van der Waals surface area (Å²) >= 11 is 0. The highest BCUT2D eigenvalue weighted by Gasteiger charge is 2.27. The molecule has 3 heterocycles. The van der Waals surface area contributed by atoms with Crippen LogP contribution >= 0.6 is 0 Å². The molecule has 1 atom stereocenters. The van der Waals surface area contributed by atoms with E-state index in [4.69, 9.17) is 9.47 Å². The Kier molecular flexibility index (Phi) is 5.47.